The number of benzene rings is 1. The number of aromatic nitrogens is 2. The molecule has 9 heteroatoms. The molecule has 1 aliphatic heterocycles. The van der Waals surface area contributed by atoms with Gasteiger partial charge in [-0.1, -0.05) is 0 Å². The summed E-state index contributed by atoms with van der Waals surface area (Å²) in [6.07, 6.45) is 3.37. The van der Waals surface area contributed by atoms with Gasteiger partial charge in [-0.05, 0) is 18.6 Å². The van der Waals surface area contributed by atoms with Crippen LogP contribution in [0.25, 0.3) is 11.0 Å². The van der Waals surface area contributed by atoms with Crippen LogP contribution in [0.4, 0.5) is 5.95 Å². The summed E-state index contributed by atoms with van der Waals surface area (Å²) in [6.45, 7) is 4.15. The average Bonchev–Trinajstić information content (AvgIpc) is 2.81. The minimum atomic E-state index is -0.523. The van der Waals surface area contributed by atoms with Crippen LogP contribution in [-0.2, 0) is 11.2 Å². The zero-order valence-corrected chi connectivity index (χ0v) is 17.8. The summed E-state index contributed by atoms with van der Waals surface area (Å²) in [6, 6.07) is 5.14. The fourth-order valence-corrected chi connectivity index (χ4v) is 3.84. The van der Waals surface area contributed by atoms with Gasteiger partial charge in [0.25, 0.3) is 0 Å². The maximum absolute atomic E-state index is 13.0. The predicted octanol–water partition coefficient (Wildman–Crippen LogP) is 1.80. The SMILES string of the molecule is COc1cc(OC)c2c(C)c(CC(=O)N3CCN(c4ncccn4)CC3)c(=O)oc2c1. The van der Waals surface area contributed by atoms with Crippen LogP contribution in [0.5, 0.6) is 11.5 Å². The maximum atomic E-state index is 13.0. The lowest BCUT2D eigenvalue weighted by molar-refractivity contribution is -0.130. The Morgan fingerprint density at radius 1 is 1.10 bits per heavy atom. The van der Waals surface area contributed by atoms with Gasteiger partial charge in [0.15, 0.2) is 0 Å². The van der Waals surface area contributed by atoms with Crippen molar-refractivity contribution >= 4 is 22.8 Å². The molecule has 0 unspecified atom stereocenters. The van der Waals surface area contributed by atoms with Crippen LogP contribution in [0.2, 0.25) is 0 Å². The highest BCUT2D eigenvalue weighted by Gasteiger charge is 2.25. The number of carbonyl (C=O) groups is 1. The van der Waals surface area contributed by atoms with Gasteiger partial charge in [-0.15, -0.1) is 0 Å². The third-order valence-corrected chi connectivity index (χ3v) is 5.57. The molecule has 1 amide bonds. The Morgan fingerprint density at radius 2 is 1.81 bits per heavy atom. The van der Waals surface area contributed by atoms with E-state index in [4.69, 9.17) is 13.9 Å². The van der Waals surface area contributed by atoms with Gasteiger partial charge in [0.05, 0.1) is 31.6 Å². The molecule has 0 atom stereocenters. The first-order valence-electron chi connectivity index (χ1n) is 10.00. The third-order valence-electron chi connectivity index (χ3n) is 5.57. The molecule has 0 bridgehead atoms. The molecule has 1 saturated heterocycles. The molecule has 0 aliphatic carbocycles. The molecule has 3 heterocycles. The summed E-state index contributed by atoms with van der Waals surface area (Å²) >= 11 is 0. The standard InChI is InChI=1S/C22H24N4O5/c1-14-16(21(28)31-18-12-15(29-2)11-17(30-3)20(14)18)13-19(27)25-7-9-26(10-8-25)22-23-5-4-6-24-22/h4-6,11-12H,7-10,13H2,1-3H3. The van der Waals surface area contributed by atoms with Crippen molar-refractivity contribution in [1.82, 2.24) is 14.9 Å². The number of methoxy groups -OCH3 is 2. The van der Waals surface area contributed by atoms with Crippen LogP contribution in [0.15, 0.2) is 39.8 Å². The van der Waals surface area contributed by atoms with Crippen molar-refractivity contribution in [3.63, 3.8) is 0 Å². The van der Waals surface area contributed by atoms with Crippen molar-refractivity contribution < 1.29 is 18.7 Å². The number of carbonyl (C=O) groups excluding carboxylic acids is 1. The molecule has 0 spiro atoms. The molecule has 1 fully saturated rings. The minimum Gasteiger partial charge on any atom is -0.496 e. The van der Waals surface area contributed by atoms with E-state index in [9.17, 15) is 9.59 Å². The van der Waals surface area contributed by atoms with Crippen LogP contribution < -0.4 is 20.0 Å². The second-order valence-corrected chi connectivity index (χ2v) is 7.29. The lowest BCUT2D eigenvalue weighted by atomic mass is 10.0. The molecule has 0 saturated carbocycles. The van der Waals surface area contributed by atoms with Gasteiger partial charge in [0, 0.05) is 50.7 Å². The number of rotatable bonds is 5. The Kier molecular flexibility index (Phi) is 5.75. The monoisotopic (exact) mass is 424 g/mol. The summed E-state index contributed by atoms with van der Waals surface area (Å²) in [5, 5.41) is 0.664. The molecule has 1 aliphatic rings. The van der Waals surface area contributed by atoms with E-state index in [-0.39, 0.29) is 12.3 Å². The second kappa shape index (κ2) is 8.63. The fraction of sp³-hybridized carbons (Fsp3) is 0.364. The van der Waals surface area contributed by atoms with Gasteiger partial charge in [0.1, 0.15) is 17.1 Å². The average molecular weight is 424 g/mol. The number of amides is 1. The number of hydrogen-bond donors (Lipinski definition) is 0. The zero-order chi connectivity index (χ0) is 22.0. The van der Waals surface area contributed by atoms with E-state index in [1.54, 1.807) is 42.6 Å². The van der Waals surface area contributed by atoms with Gasteiger partial charge in [-0.25, -0.2) is 14.8 Å². The smallest absolute Gasteiger partial charge is 0.340 e. The zero-order valence-electron chi connectivity index (χ0n) is 17.8. The quantitative estimate of drug-likeness (QED) is 0.572. The molecule has 2 aromatic heterocycles. The van der Waals surface area contributed by atoms with Gasteiger partial charge in [-0.2, -0.15) is 0 Å². The summed E-state index contributed by atoms with van der Waals surface area (Å²) in [4.78, 5) is 37.9. The lowest BCUT2D eigenvalue weighted by Crippen LogP contribution is -2.49. The van der Waals surface area contributed by atoms with Crippen LogP contribution in [-0.4, -0.2) is 61.2 Å². The Bertz CT molecular complexity index is 1150. The highest BCUT2D eigenvalue weighted by molar-refractivity contribution is 5.90. The summed E-state index contributed by atoms with van der Waals surface area (Å²) in [5.74, 6) is 1.59. The van der Waals surface area contributed by atoms with Crippen LogP contribution in [0.1, 0.15) is 11.1 Å². The number of aryl methyl sites for hydroxylation is 1. The summed E-state index contributed by atoms with van der Waals surface area (Å²) < 4.78 is 16.2. The number of piperazine rings is 1. The molecule has 0 N–H and O–H groups in total. The second-order valence-electron chi connectivity index (χ2n) is 7.29. The Balaban J connectivity index is 1.55. The van der Waals surface area contributed by atoms with Gasteiger partial charge in [-0.3, -0.25) is 4.79 Å². The first-order chi connectivity index (χ1) is 15.0. The first kappa shape index (κ1) is 20.6. The van der Waals surface area contributed by atoms with E-state index in [1.165, 1.54) is 7.11 Å². The molecular weight excluding hydrogens is 400 g/mol. The molecule has 4 rings (SSSR count). The van der Waals surface area contributed by atoms with Crippen molar-refractivity contribution in [2.45, 2.75) is 13.3 Å². The molecule has 0 radical (unpaired) electrons. The van der Waals surface area contributed by atoms with Crippen molar-refractivity contribution in [3.8, 4) is 11.5 Å². The van der Waals surface area contributed by atoms with Gasteiger partial charge >= 0.3 is 5.63 Å². The predicted molar refractivity (Wildman–Crippen MR) is 115 cm³/mol. The summed E-state index contributed by atoms with van der Waals surface area (Å²) in [5.41, 5.74) is 0.863. The van der Waals surface area contributed by atoms with E-state index in [1.807, 2.05) is 11.8 Å². The molecule has 1 aromatic carbocycles. The number of nitrogens with zero attached hydrogens (tertiary/aromatic N) is 4. The van der Waals surface area contributed by atoms with Crippen LogP contribution in [0, 0.1) is 6.92 Å². The van der Waals surface area contributed by atoms with E-state index < -0.39 is 5.63 Å². The molecular formula is C22H24N4O5. The number of fused-ring (bicyclic) bond motifs is 1. The van der Waals surface area contributed by atoms with E-state index in [0.29, 0.717) is 65.7 Å². The first-order valence-corrected chi connectivity index (χ1v) is 10.00. The molecule has 9 nitrogen and oxygen atoms in total. The maximum Gasteiger partial charge on any atom is 0.340 e. The van der Waals surface area contributed by atoms with Crippen molar-refractivity contribution in [2.24, 2.45) is 0 Å². The van der Waals surface area contributed by atoms with E-state index in [2.05, 4.69) is 9.97 Å². The van der Waals surface area contributed by atoms with Crippen LogP contribution >= 0.6 is 0 Å². The van der Waals surface area contributed by atoms with Crippen LogP contribution in [0.3, 0.4) is 0 Å². The van der Waals surface area contributed by atoms with Crippen molar-refractivity contribution in [1.29, 1.82) is 0 Å². The lowest BCUT2D eigenvalue weighted by Gasteiger charge is -2.34. The van der Waals surface area contributed by atoms with Crippen molar-refractivity contribution in [2.75, 3.05) is 45.3 Å². The topological polar surface area (TPSA) is 98.0 Å². The fourth-order valence-electron chi connectivity index (χ4n) is 3.84. The Hall–Kier alpha value is -3.62. The molecule has 3 aromatic rings. The van der Waals surface area contributed by atoms with E-state index in [0.717, 1.165) is 0 Å². The highest BCUT2D eigenvalue weighted by Crippen LogP contribution is 2.33. The van der Waals surface area contributed by atoms with Gasteiger partial charge in [0.2, 0.25) is 11.9 Å². The normalized spacial score (nSPS) is 14.0. The number of anilines is 1. The number of hydrogen-bond acceptors (Lipinski definition) is 8. The Labute approximate surface area is 179 Å². The third kappa shape index (κ3) is 4.03. The van der Waals surface area contributed by atoms with Gasteiger partial charge < -0.3 is 23.7 Å². The van der Waals surface area contributed by atoms with E-state index >= 15 is 0 Å². The number of ether oxygens (including phenoxy) is 2. The Morgan fingerprint density at radius 3 is 2.45 bits per heavy atom. The highest BCUT2D eigenvalue weighted by atomic mass is 16.5. The van der Waals surface area contributed by atoms with Crippen molar-refractivity contribution in [3.05, 3.63) is 52.1 Å². The minimum absolute atomic E-state index is 0.0267. The molecule has 162 valence electrons. The summed E-state index contributed by atoms with van der Waals surface area (Å²) in [7, 11) is 3.07. The molecule has 31 heavy (non-hydrogen) atoms. The largest absolute Gasteiger partial charge is 0.496 e.